The summed E-state index contributed by atoms with van der Waals surface area (Å²) in [6.45, 7) is 1.85. The first-order valence-corrected chi connectivity index (χ1v) is 8.00. The number of nitrogens with two attached hydrogens (primary N) is 1. The third kappa shape index (κ3) is 4.15. The summed E-state index contributed by atoms with van der Waals surface area (Å²) in [6, 6.07) is 10.2. The quantitative estimate of drug-likeness (QED) is 0.912. The number of alkyl halides is 3. The fourth-order valence-corrected chi connectivity index (χ4v) is 3.42. The summed E-state index contributed by atoms with van der Waals surface area (Å²) in [4.78, 5) is 2.24. The second-order valence-electron chi connectivity index (χ2n) is 6.37. The Labute approximate surface area is 139 Å². The second-order valence-corrected chi connectivity index (χ2v) is 6.37. The number of rotatable bonds is 5. The SMILES string of the molecule is NC[C@@H]1CN(Cc2cnn(CC(F)(F)F)c2)C[C@H]1c1ccccc1. The Bertz CT molecular complexity index is 653. The molecule has 1 aliphatic rings. The molecule has 4 nitrogen and oxygen atoms in total. The van der Waals surface area contributed by atoms with Crippen LogP contribution in [0.3, 0.4) is 0 Å². The predicted molar refractivity (Wildman–Crippen MR) is 85.3 cm³/mol. The van der Waals surface area contributed by atoms with Crippen LogP contribution in [0.5, 0.6) is 0 Å². The van der Waals surface area contributed by atoms with Gasteiger partial charge in [0.1, 0.15) is 6.54 Å². The molecule has 130 valence electrons. The number of hydrogen-bond donors (Lipinski definition) is 1. The molecule has 1 aromatic heterocycles. The third-order valence-corrected chi connectivity index (χ3v) is 4.48. The lowest BCUT2D eigenvalue weighted by Crippen LogP contribution is -2.23. The topological polar surface area (TPSA) is 47.1 Å². The van der Waals surface area contributed by atoms with Crippen molar-refractivity contribution < 1.29 is 13.2 Å². The Morgan fingerprint density at radius 2 is 1.92 bits per heavy atom. The molecule has 1 fully saturated rings. The highest BCUT2D eigenvalue weighted by molar-refractivity contribution is 5.22. The maximum atomic E-state index is 12.4. The number of nitrogens with zero attached hydrogens (tertiary/aromatic N) is 3. The van der Waals surface area contributed by atoms with Crippen LogP contribution in [0, 0.1) is 5.92 Å². The number of aromatic nitrogens is 2. The molecule has 24 heavy (non-hydrogen) atoms. The van der Waals surface area contributed by atoms with Crippen molar-refractivity contribution in [2.24, 2.45) is 11.7 Å². The molecular formula is C17H21F3N4. The fourth-order valence-electron chi connectivity index (χ4n) is 3.42. The molecule has 3 rings (SSSR count). The van der Waals surface area contributed by atoms with Crippen LogP contribution in [-0.4, -0.2) is 40.5 Å². The summed E-state index contributed by atoms with van der Waals surface area (Å²) in [5, 5.41) is 3.81. The van der Waals surface area contributed by atoms with Crippen molar-refractivity contribution in [3.8, 4) is 0 Å². The van der Waals surface area contributed by atoms with Gasteiger partial charge in [-0.25, -0.2) is 0 Å². The Balaban J connectivity index is 1.64. The molecule has 2 N–H and O–H groups in total. The third-order valence-electron chi connectivity index (χ3n) is 4.48. The molecule has 2 atom stereocenters. The maximum Gasteiger partial charge on any atom is 0.408 e. The first kappa shape index (κ1) is 17.0. The van der Waals surface area contributed by atoms with Crippen molar-refractivity contribution in [1.29, 1.82) is 0 Å². The van der Waals surface area contributed by atoms with Crippen LogP contribution in [0.4, 0.5) is 13.2 Å². The molecule has 1 saturated heterocycles. The summed E-state index contributed by atoms with van der Waals surface area (Å²) in [7, 11) is 0. The lowest BCUT2D eigenvalue weighted by Gasteiger charge is -2.16. The molecule has 0 saturated carbocycles. The lowest BCUT2D eigenvalue weighted by molar-refractivity contribution is -0.142. The highest BCUT2D eigenvalue weighted by Gasteiger charge is 2.33. The standard InChI is InChI=1S/C17H21F3N4/c18-17(19,20)12-24-9-13(7-22-24)8-23-10-15(6-21)16(11-23)14-4-2-1-3-5-14/h1-5,7,9,15-16H,6,8,10-12,21H2/t15-,16+/m1/s1. The Hall–Kier alpha value is -1.86. The largest absolute Gasteiger partial charge is 0.408 e. The summed E-state index contributed by atoms with van der Waals surface area (Å²) >= 11 is 0. The van der Waals surface area contributed by atoms with E-state index in [0.29, 0.717) is 24.9 Å². The van der Waals surface area contributed by atoms with Gasteiger partial charge in [-0.15, -0.1) is 0 Å². The minimum absolute atomic E-state index is 0.359. The summed E-state index contributed by atoms with van der Waals surface area (Å²) in [6.07, 6.45) is -1.26. The first-order chi connectivity index (χ1) is 11.4. The van der Waals surface area contributed by atoms with Crippen molar-refractivity contribution in [3.63, 3.8) is 0 Å². The van der Waals surface area contributed by atoms with E-state index in [1.165, 1.54) is 18.0 Å². The molecule has 7 heteroatoms. The zero-order chi connectivity index (χ0) is 17.2. The minimum atomic E-state index is -4.25. The van der Waals surface area contributed by atoms with E-state index in [9.17, 15) is 13.2 Å². The van der Waals surface area contributed by atoms with Gasteiger partial charge in [0.05, 0.1) is 6.20 Å². The van der Waals surface area contributed by atoms with Crippen LogP contribution in [0.15, 0.2) is 42.7 Å². The van der Waals surface area contributed by atoms with Crippen LogP contribution < -0.4 is 5.73 Å². The zero-order valence-corrected chi connectivity index (χ0v) is 13.3. The van der Waals surface area contributed by atoms with Gasteiger partial charge in [0.25, 0.3) is 0 Å². The summed E-state index contributed by atoms with van der Waals surface area (Å²) < 4.78 is 38.2. The van der Waals surface area contributed by atoms with E-state index in [-0.39, 0.29) is 0 Å². The van der Waals surface area contributed by atoms with E-state index in [1.807, 2.05) is 18.2 Å². The van der Waals surface area contributed by atoms with Gasteiger partial charge in [-0.1, -0.05) is 30.3 Å². The number of halogens is 3. The Morgan fingerprint density at radius 1 is 1.17 bits per heavy atom. The van der Waals surface area contributed by atoms with Crippen molar-refractivity contribution >= 4 is 0 Å². The van der Waals surface area contributed by atoms with Crippen LogP contribution in [0.1, 0.15) is 17.0 Å². The Morgan fingerprint density at radius 3 is 2.58 bits per heavy atom. The van der Waals surface area contributed by atoms with Gasteiger partial charge in [-0.3, -0.25) is 9.58 Å². The van der Waals surface area contributed by atoms with Crippen LogP contribution in [0.2, 0.25) is 0 Å². The molecule has 0 radical (unpaired) electrons. The van der Waals surface area contributed by atoms with E-state index in [4.69, 9.17) is 5.73 Å². The van der Waals surface area contributed by atoms with Gasteiger partial charge in [0.15, 0.2) is 0 Å². The average molecular weight is 338 g/mol. The average Bonchev–Trinajstić information content (AvgIpc) is 3.13. The van der Waals surface area contributed by atoms with Crippen molar-refractivity contribution in [2.75, 3.05) is 19.6 Å². The smallest absolute Gasteiger partial charge is 0.330 e. The highest BCUT2D eigenvalue weighted by atomic mass is 19.4. The molecular weight excluding hydrogens is 317 g/mol. The zero-order valence-electron chi connectivity index (χ0n) is 13.3. The molecule has 0 amide bonds. The van der Waals surface area contributed by atoms with Gasteiger partial charge in [0.2, 0.25) is 0 Å². The van der Waals surface area contributed by atoms with E-state index >= 15 is 0 Å². The van der Waals surface area contributed by atoms with E-state index in [0.717, 1.165) is 23.3 Å². The molecule has 2 aromatic rings. The monoisotopic (exact) mass is 338 g/mol. The minimum Gasteiger partial charge on any atom is -0.330 e. The van der Waals surface area contributed by atoms with E-state index < -0.39 is 12.7 Å². The first-order valence-electron chi connectivity index (χ1n) is 8.00. The predicted octanol–water partition coefficient (Wildman–Crippen LogP) is 2.62. The van der Waals surface area contributed by atoms with Crippen molar-refractivity contribution in [3.05, 3.63) is 53.9 Å². The van der Waals surface area contributed by atoms with Crippen LogP contribution >= 0.6 is 0 Å². The van der Waals surface area contributed by atoms with Gasteiger partial charge >= 0.3 is 6.18 Å². The number of benzene rings is 1. The van der Waals surface area contributed by atoms with Gasteiger partial charge in [0, 0.05) is 37.3 Å². The van der Waals surface area contributed by atoms with Gasteiger partial charge in [-0.2, -0.15) is 18.3 Å². The van der Waals surface area contributed by atoms with Gasteiger partial charge < -0.3 is 5.73 Å². The summed E-state index contributed by atoms with van der Waals surface area (Å²) in [5.74, 6) is 0.721. The number of likely N-dealkylation sites (tertiary alicyclic amines) is 1. The highest BCUT2D eigenvalue weighted by Crippen LogP contribution is 2.32. The Kier molecular flexibility index (Phi) is 4.91. The van der Waals surface area contributed by atoms with Crippen molar-refractivity contribution in [2.45, 2.75) is 25.2 Å². The lowest BCUT2D eigenvalue weighted by atomic mass is 9.89. The second kappa shape index (κ2) is 6.94. The van der Waals surface area contributed by atoms with Crippen LogP contribution in [0.25, 0.3) is 0 Å². The van der Waals surface area contributed by atoms with E-state index in [1.54, 1.807) is 0 Å². The van der Waals surface area contributed by atoms with Gasteiger partial charge in [-0.05, 0) is 18.0 Å². The molecule has 0 aliphatic carbocycles. The van der Waals surface area contributed by atoms with Crippen molar-refractivity contribution in [1.82, 2.24) is 14.7 Å². The fraction of sp³-hybridized carbons (Fsp3) is 0.471. The van der Waals surface area contributed by atoms with E-state index in [2.05, 4.69) is 22.1 Å². The molecule has 0 bridgehead atoms. The molecule has 0 unspecified atom stereocenters. The molecule has 0 spiro atoms. The molecule has 2 heterocycles. The number of hydrogen-bond acceptors (Lipinski definition) is 3. The van der Waals surface area contributed by atoms with Crippen LogP contribution in [-0.2, 0) is 13.1 Å². The molecule has 1 aliphatic heterocycles. The molecule has 1 aromatic carbocycles. The normalized spacial score (nSPS) is 22.2. The maximum absolute atomic E-state index is 12.4. The summed E-state index contributed by atoms with van der Waals surface area (Å²) in [5.41, 5.74) is 7.98.